The highest BCUT2D eigenvalue weighted by molar-refractivity contribution is 7.87. The van der Waals surface area contributed by atoms with Crippen molar-refractivity contribution in [2.75, 3.05) is 20.3 Å². The quantitative estimate of drug-likeness (QED) is 0.159. The third-order valence-electron chi connectivity index (χ3n) is 6.36. The number of nitrogens with one attached hydrogen (secondary N) is 1. The number of aryl methyl sites for hydroxylation is 1. The van der Waals surface area contributed by atoms with E-state index in [1.807, 2.05) is 13.8 Å². The Bertz CT molecular complexity index is 1720. The lowest BCUT2D eigenvalue weighted by Gasteiger charge is -2.26. The van der Waals surface area contributed by atoms with Gasteiger partial charge in [0.05, 0.1) is 31.9 Å². The highest BCUT2D eigenvalue weighted by Crippen LogP contribution is 2.39. The Morgan fingerprint density at radius 2 is 1.66 bits per heavy atom. The van der Waals surface area contributed by atoms with Gasteiger partial charge in [-0.05, 0) is 73.9 Å². The zero-order valence-electron chi connectivity index (χ0n) is 24.5. The minimum absolute atomic E-state index is 0.0309. The summed E-state index contributed by atoms with van der Waals surface area (Å²) in [6.45, 7) is 5.93. The molecule has 1 heterocycles. The lowest BCUT2D eigenvalue weighted by atomic mass is 10.1. The van der Waals surface area contributed by atoms with E-state index in [-0.39, 0.29) is 45.7 Å². The van der Waals surface area contributed by atoms with Crippen molar-refractivity contribution in [2.45, 2.75) is 38.6 Å². The number of barbiturate groups is 1. The molecule has 1 saturated heterocycles. The molecule has 0 aromatic heterocycles. The van der Waals surface area contributed by atoms with E-state index in [0.29, 0.717) is 23.7 Å². The Labute approximate surface area is 260 Å². The second-order valence-corrected chi connectivity index (χ2v) is 11.6. The molecule has 44 heavy (non-hydrogen) atoms. The van der Waals surface area contributed by atoms with Crippen LogP contribution in [0.3, 0.4) is 0 Å². The molecule has 0 aliphatic carbocycles. The largest absolute Gasteiger partial charge is 0.493 e. The van der Waals surface area contributed by atoms with Crippen molar-refractivity contribution in [1.29, 1.82) is 0 Å². The number of carbonyl (C=O) groups is 3. The van der Waals surface area contributed by atoms with Crippen LogP contribution < -0.4 is 23.7 Å². The molecule has 11 nitrogen and oxygen atoms in total. The monoisotopic (exact) mass is 642 g/mol. The molecule has 0 unspecified atom stereocenters. The number of nitrogens with zero attached hydrogens (tertiary/aromatic N) is 1. The molecule has 1 aliphatic heterocycles. The number of benzene rings is 3. The van der Waals surface area contributed by atoms with Crippen LogP contribution in [0.5, 0.6) is 23.0 Å². The zero-order valence-corrected chi connectivity index (χ0v) is 26.1. The number of rotatable bonds is 12. The molecule has 0 saturated carbocycles. The maximum absolute atomic E-state index is 13.4. The summed E-state index contributed by atoms with van der Waals surface area (Å²) in [6.07, 6.45) is 2.03. The number of carbonyl (C=O) groups excluding carboxylic acids is 3. The third kappa shape index (κ3) is 7.32. The first-order valence-corrected chi connectivity index (χ1v) is 15.4. The molecule has 0 radical (unpaired) electrons. The molecule has 3 aromatic rings. The van der Waals surface area contributed by atoms with E-state index >= 15 is 0 Å². The molecule has 4 rings (SSSR count). The summed E-state index contributed by atoms with van der Waals surface area (Å²) in [5, 5.41) is 2.03. The fraction of sp³-hybridized carbons (Fsp3) is 0.258. The number of ether oxygens (including phenoxy) is 3. The molecule has 13 heteroatoms. The van der Waals surface area contributed by atoms with Gasteiger partial charge in [0.2, 0.25) is 5.75 Å². The van der Waals surface area contributed by atoms with Crippen molar-refractivity contribution < 1.29 is 41.2 Å². The molecule has 4 amide bonds. The minimum atomic E-state index is -4.27. The Balaban J connectivity index is 1.64. The van der Waals surface area contributed by atoms with Gasteiger partial charge in [-0.3, -0.25) is 19.8 Å². The molecule has 232 valence electrons. The zero-order chi connectivity index (χ0) is 32.0. The van der Waals surface area contributed by atoms with E-state index in [1.165, 1.54) is 37.5 Å². The summed E-state index contributed by atoms with van der Waals surface area (Å²) >= 11 is 6.44. The second-order valence-electron chi connectivity index (χ2n) is 9.66. The number of hydrogen-bond donors (Lipinski definition) is 1. The van der Waals surface area contributed by atoms with E-state index in [2.05, 4.69) is 5.32 Å². The van der Waals surface area contributed by atoms with Crippen molar-refractivity contribution in [3.63, 3.8) is 0 Å². The summed E-state index contributed by atoms with van der Waals surface area (Å²) < 4.78 is 47.9. The molecule has 1 fully saturated rings. The first kappa shape index (κ1) is 32.4. The van der Waals surface area contributed by atoms with E-state index in [9.17, 15) is 22.8 Å². The number of amides is 4. The number of imide groups is 2. The normalized spacial score (nSPS) is 14.4. The van der Waals surface area contributed by atoms with Gasteiger partial charge in [0.15, 0.2) is 17.2 Å². The van der Waals surface area contributed by atoms with Crippen LogP contribution in [0.4, 0.5) is 4.79 Å². The fourth-order valence-electron chi connectivity index (χ4n) is 4.21. The van der Waals surface area contributed by atoms with Crippen LogP contribution in [0.2, 0.25) is 5.02 Å². The van der Waals surface area contributed by atoms with E-state index in [4.69, 9.17) is 30.0 Å². The van der Waals surface area contributed by atoms with E-state index in [0.717, 1.165) is 16.9 Å². The van der Waals surface area contributed by atoms with Gasteiger partial charge in [-0.25, -0.2) is 4.79 Å². The van der Waals surface area contributed by atoms with Crippen molar-refractivity contribution in [2.24, 2.45) is 0 Å². The number of hydrogen-bond acceptors (Lipinski definition) is 9. The Morgan fingerprint density at radius 3 is 2.32 bits per heavy atom. The first-order chi connectivity index (χ1) is 21.0. The SMILES string of the molecule is CCCOc1ccc(CN2C(=O)NC(=O)/C(=C\c3cc(Cl)c(OS(=O)(=O)c4ccc(C)cc4)c(OCC)c3)C2=O)cc1OC. The summed E-state index contributed by atoms with van der Waals surface area (Å²) in [4.78, 5) is 39.6. The van der Waals surface area contributed by atoms with E-state index in [1.54, 1.807) is 37.3 Å². The van der Waals surface area contributed by atoms with Gasteiger partial charge in [-0.1, -0.05) is 42.3 Å². The Hall–Kier alpha value is -4.55. The number of halogens is 1. The molecular weight excluding hydrogens is 612 g/mol. The van der Waals surface area contributed by atoms with Gasteiger partial charge in [0.1, 0.15) is 10.5 Å². The van der Waals surface area contributed by atoms with Crippen molar-refractivity contribution in [3.8, 4) is 23.0 Å². The Kier molecular flexibility index (Phi) is 10.2. The number of urea groups is 1. The van der Waals surface area contributed by atoms with Gasteiger partial charge >= 0.3 is 16.1 Å². The average molecular weight is 643 g/mol. The second kappa shape index (κ2) is 13.8. The van der Waals surface area contributed by atoms with Crippen LogP contribution in [-0.4, -0.2) is 51.5 Å². The van der Waals surface area contributed by atoms with Crippen LogP contribution in [0, 0.1) is 6.92 Å². The van der Waals surface area contributed by atoms with Crippen LogP contribution in [-0.2, 0) is 26.3 Å². The van der Waals surface area contributed by atoms with Crippen LogP contribution in [0.1, 0.15) is 37.0 Å². The van der Waals surface area contributed by atoms with Crippen LogP contribution in [0.15, 0.2) is 65.1 Å². The lowest BCUT2D eigenvalue weighted by molar-refractivity contribution is -0.130. The highest BCUT2D eigenvalue weighted by atomic mass is 35.5. The maximum Gasteiger partial charge on any atom is 0.339 e. The average Bonchev–Trinajstić information content (AvgIpc) is 2.98. The highest BCUT2D eigenvalue weighted by Gasteiger charge is 2.36. The number of methoxy groups -OCH3 is 1. The Morgan fingerprint density at radius 1 is 0.932 bits per heavy atom. The van der Waals surface area contributed by atoms with Crippen molar-refractivity contribution in [1.82, 2.24) is 10.2 Å². The smallest absolute Gasteiger partial charge is 0.339 e. The predicted molar refractivity (Wildman–Crippen MR) is 162 cm³/mol. The van der Waals surface area contributed by atoms with Gasteiger partial charge in [0.25, 0.3) is 11.8 Å². The standard InChI is InChI=1S/C31H31ClN2O9S/c1-5-13-42-25-12-9-20(16-26(25)40-4)18-34-30(36)23(29(35)33-31(34)37)14-21-15-24(32)28(27(17-21)41-6-2)43-44(38,39)22-10-7-19(3)8-11-22/h7-12,14-17H,5-6,13,18H2,1-4H3,(H,33,35,37)/b23-14+. The van der Waals surface area contributed by atoms with Crippen molar-refractivity contribution >= 4 is 45.6 Å². The molecule has 0 bridgehead atoms. The minimum Gasteiger partial charge on any atom is -0.493 e. The molecule has 0 atom stereocenters. The van der Waals surface area contributed by atoms with E-state index < -0.39 is 28.0 Å². The fourth-order valence-corrected chi connectivity index (χ4v) is 5.47. The topological polar surface area (TPSA) is 138 Å². The molecule has 1 aliphatic rings. The summed E-state index contributed by atoms with van der Waals surface area (Å²) in [5.74, 6) is -1.10. The molecular formula is C31H31ClN2O9S. The van der Waals surface area contributed by atoms with Crippen LogP contribution in [0.25, 0.3) is 6.08 Å². The van der Waals surface area contributed by atoms with Gasteiger partial charge in [-0.2, -0.15) is 8.42 Å². The summed E-state index contributed by atoms with van der Waals surface area (Å²) in [6, 6.07) is 12.9. The molecule has 3 aromatic carbocycles. The maximum atomic E-state index is 13.4. The molecule has 0 spiro atoms. The van der Waals surface area contributed by atoms with Gasteiger partial charge < -0.3 is 18.4 Å². The predicted octanol–water partition coefficient (Wildman–Crippen LogP) is 5.27. The molecule has 1 N–H and O–H groups in total. The van der Waals surface area contributed by atoms with Crippen molar-refractivity contribution in [3.05, 3.63) is 81.9 Å². The van der Waals surface area contributed by atoms with Crippen LogP contribution >= 0.6 is 11.6 Å². The lowest BCUT2D eigenvalue weighted by Crippen LogP contribution is -2.53. The third-order valence-corrected chi connectivity index (χ3v) is 7.88. The first-order valence-electron chi connectivity index (χ1n) is 13.6. The summed E-state index contributed by atoms with van der Waals surface area (Å²) in [7, 11) is -2.79. The van der Waals surface area contributed by atoms with Gasteiger partial charge in [0, 0.05) is 0 Å². The summed E-state index contributed by atoms with van der Waals surface area (Å²) in [5.41, 5.74) is 1.30. The van der Waals surface area contributed by atoms with Gasteiger partial charge in [-0.15, -0.1) is 0 Å².